The summed E-state index contributed by atoms with van der Waals surface area (Å²) < 4.78 is 0. The van der Waals surface area contributed by atoms with E-state index in [9.17, 15) is 4.79 Å². The van der Waals surface area contributed by atoms with Gasteiger partial charge in [0.05, 0.1) is 12.2 Å². The maximum atomic E-state index is 12.6. The summed E-state index contributed by atoms with van der Waals surface area (Å²) in [5.41, 5.74) is 0. The van der Waals surface area contributed by atoms with E-state index in [1.165, 1.54) is 12.8 Å². The van der Waals surface area contributed by atoms with E-state index < -0.39 is 0 Å². The molecule has 3 nitrogen and oxygen atoms in total. The van der Waals surface area contributed by atoms with Gasteiger partial charge in [-0.15, -0.1) is 0 Å². The third kappa shape index (κ3) is 2.42. The standard InChI is InChI=1S/C15H28N2O/c1-5-8-13-16-14(10(4)6-2)15(18)17(13)12-9-11(12)7-3/h10-14,16H,5-9H2,1-4H3. The molecule has 1 N–H and O–H groups in total. The summed E-state index contributed by atoms with van der Waals surface area (Å²) in [5.74, 6) is 1.57. The van der Waals surface area contributed by atoms with Crippen molar-refractivity contribution in [1.29, 1.82) is 0 Å². The van der Waals surface area contributed by atoms with Crippen molar-refractivity contribution in [3.05, 3.63) is 0 Å². The molecule has 0 aromatic rings. The van der Waals surface area contributed by atoms with Crippen molar-refractivity contribution in [3.63, 3.8) is 0 Å². The van der Waals surface area contributed by atoms with Crippen molar-refractivity contribution in [3.8, 4) is 0 Å². The van der Waals surface area contributed by atoms with Gasteiger partial charge in [-0.2, -0.15) is 0 Å². The van der Waals surface area contributed by atoms with Crippen molar-refractivity contribution in [2.75, 3.05) is 0 Å². The highest BCUT2D eigenvalue weighted by atomic mass is 16.2. The molecule has 1 saturated heterocycles. The van der Waals surface area contributed by atoms with E-state index in [-0.39, 0.29) is 6.04 Å². The molecule has 104 valence electrons. The molecule has 1 aliphatic carbocycles. The first-order valence-corrected chi connectivity index (χ1v) is 7.72. The van der Waals surface area contributed by atoms with Crippen LogP contribution in [0.3, 0.4) is 0 Å². The van der Waals surface area contributed by atoms with Crippen LogP contribution in [0.1, 0.15) is 59.8 Å². The second-order valence-corrected chi connectivity index (χ2v) is 6.05. The number of nitrogens with one attached hydrogen (secondary N) is 1. The molecule has 1 saturated carbocycles. The molecule has 2 aliphatic rings. The second-order valence-electron chi connectivity index (χ2n) is 6.05. The van der Waals surface area contributed by atoms with Crippen LogP contribution in [0, 0.1) is 11.8 Å². The lowest BCUT2D eigenvalue weighted by atomic mass is 9.99. The van der Waals surface area contributed by atoms with Gasteiger partial charge in [0.2, 0.25) is 5.91 Å². The van der Waals surface area contributed by atoms with Gasteiger partial charge in [-0.3, -0.25) is 10.1 Å². The fourth-order valence-electron chi connectivity index (χ4n) is 3.22. The number of hydrogen-bond acceptors (Lipinski definition) is 2. The minimum Gasteiger partial charge on any atom is -0.323 e. The number of carbonyl (C=O) groups excluding carboxylic acids is 1. The van der Waals surface area contributed by atoms with Crippen LogP contribution < -0.4 is 5.32 Å². The Bertz CT molecular complexity index is 305. The normalized spacial score (nSPS) is 37.1. The van der Waals surface area contributed by atoms with E-state index in [1.807, 2.05) is 0 Å². The number of rotatable bonds is 6. The molecule has 1 amide bonds. The van der Waals surface area contributed by atoms with E-state index >= 15 is 0 Å². The first-order valence-electron chi connectivity index (χ1n) is 7.72. The van der Waals surface area contributed by atoms with Crippen molar-refractivity contribution >= 4 is 5.91 Å². The van der Waals surface area contributed by atoms with Crippen molar-refractivity contribution < 1.29 is 4.79 Å². The molecule has 0 aromatic carbocycles. The molecule has 5 atom stereocenters. The quantitative estimate of drug-likeness (QED) is 0.788. The molecule has 2 rings (SSSR count). The molecule has 1 aliphatic heterocycles. The van der Waals surface area contributed by atoms with Crippen LogP contribution in [0.4, 0.5) is 0 Å². The van der Waals surface area contributed by atoms with Crippen LogP contribution in [0.15, 0.2) is 0 Å². The minimum atomic E-state index is 0.0599. The van der Waals surface area contributed by atoms with Crippen molar-refractivity contribution in [2.45, 2.75) is 78.0 Å². The van der Waals surface area contributed by atoms with Crippen LogP contribution >= 0.6 is 0 Å². The first-order chi connectivity index (χ1) is 8.63. The van der Waals surface area contributed by atoms with Gasteiger partial charge < -0.3 is 4.90 Å². The van der Waals surface area contributed by atoms with E-state index in [2.05, 4.69) is 37.9 Å². The molecular formula is C15H28N2O. The smallest absolute Gasteiger partial charge is 0.241 e. The van der Waals surface area contributed by atoms with Crippen LogP contribution in [0.25, 0.3) is 0 Å². The number of hydrogen-bond donors (Lipinski definition) is 1. The van der Waals surface area contributed by atoms with Gasteiger partial charge in [0.15, 0.2) is 0 Å². The number of nitrogens with zero attached hydrogens (tertiary/aromatic N) is 1. The lowest BCUT2D eigenvalue weighted by molar-refractivity contribution is -0.131. The first kappa shape index (κ1) is 13.9. The summed E-state index contributed by atoms with van der Waals surface area (Å²) >= 11 is 0. The second kappa shape index (κ2) is 5.60. The summed E-state index contributed by atoms with van der Waals surface area (Å²) in [6.45, 7) is 8.79. The van der Waals surface area contributed by atoms with Gasteiger partial charge in [0.1, 0.15) is 0 Å². The van der Waals surface area contributed by atoms with E-state index in [0.29, 0.717) is 24.0 Å². The maximum Gasteiger partial charge on any atom is 0.241 e. The fourth-order valence-corrected chi connectivity index (χ4v) is 3.22. The highest BCUT2D eigenvalue weighted by Gasteiger charge is 2.51. The predicted molar refractivity (Wildman–Crippen MR) is 74.1 cm³/mol. The van der Waals surface area contributed by atoms with Crippen LogP contribution in [0.2, 0.25) is 0 Å². The Balaban J connectivity index is 2.07. The zero-order chi connectivity index (χ0) is 13.3. The molecule has 3 heteroatoms. The van der Waals surface area contributed by atoms with Gasteiger partial charge >= 0.3 is 0 Å². The van der Waals surface area contributed by atoms with Crippen molar-refractivity contribution in [1.82, 2.24) is 10.2 Å². The highest BCUT2D eigenvalue weighted by molar-refractivity contribution is 5.85. The Labute approximate surface area is 111 Å². The van der Waals surface area contributed by atoms with Gasteiger partial charge in [-0.05, 0) is 24.7 Å². The van der Waals surface area contributed by atoms with Gasteiger partial charge in [0, 0.05) is 6.04 Å². The summed E-state index contributed by atoms with van der Waals surface area (Å²) in [7, 11) is 0. The largest absolute Gasteiger partial charge is 0.323 e. The summed E-state index contributed by atoms with van der Waals surface area (Å²) in [6, 6.07) is 0.588. The average molecular weight is 252 g/mol. The molecule has 0 radical (unpaired) electrons. The molecule has 0 bridgehead atoms. The molecule has 5 unspecified atom stereocenters. The van der Waals surface area contributed by atoms with Gasteiger partial charge in [0.25, 0.3) is 0 Å². The van der Waals surface area contributed by atoms with E-state index in [1.54, 1.807) is 0 Å². The molecular weight excluding hydrogens is 224 g/mol. The number of amides is 1. The Hall–Kier alpha value is -0.570. The van der Waals surface area contributed by atoms with E-state index in [4.69, 9.17) is 0 Å². The van der Waals surface area contributed by atoms with Gasteiger partial charge in [-0.25, -0.2) is 0 Å². The predicted octanol–water partition coefficient (Wildman–Crippen LogP) is 2.76. The van der Waals surface area contributed by atoms with Crippen molar-refractivity contribution in [2.24, 2.45) is 11.8 Å². The number of carbonyl (C=O) groups is 1. The Morgan fingerprint density at radius 1 is 1.39 bits per heavy atom. The Morgan fingerprint density at radius 2 is 2.11 bits per heavy atom. The molecule has 1 heterocycles. The van der Waals surface area contributed by atoms with Gasteiger partial charge in [-0.1, -0.05) is 47.0 Å². The average Bonchev–Trinajstić information content (AvgIpc) is 3.07. The highest BCUT2D eigenvalue weighted by Crippen LogP contribution is 2.41. The monoisotopic (exact) mass is 252 g/mol. The summed E-state index contributed by atoms with van der Waals surface area (Å²) in [4.78, 5) is 14.8. The molecule has 18 heavy (non-hydrogen) atoms. The SMILES string of the molecule is CCCC1NC(C(C)CC)C(=O)N1C1CC1CC. The van der Waals surface area contributed by atoms with Crippen LogP contribution in [0.5, 0.6) is 0 Å². The lowest BCUT2D eigenvalue weighted by Crippen LogP contribution is -2.39. The van der Waals surface area contributed by atoms with Crippen LogP contribution in [-0.4, -0.2) is 29.1 Å². The topological polar surface area (TPSA) is 32.3 Å². The minimum absolute atomic E-state index is 0.0599. The zero-order valence-electron chi connectivity index (χ0n) is 12.3. The fraction of sp³-hybridized carbons (Fsp3) is 0.933. The maximum absolute atomic E-state index is 12.6. The third-order valence-electron chi connectivity index (χ3n) is 4.77. The molecule has 0 aromatic heterocycles. The third-order valence-corrected chi connectivity index (χ3v) is 4.77. The Morgan fingerprint density at radius 3 is 2.61 bits per heavy atom. The summed E-state index contributed by atoms with van der Waals surface area (Å²) in [5, 5.41) is 3.58. The Kier molecular flexibility index (Phi) is 4.31. The summed E-state index contributed by atoms with van der Waals surface area (Å²) in [6.07, 6.45) is 6.02. The van der Waals surface area contributed by atoms with Crippen LogP contribution in [-0.2, 0) is 4.79 Å². The lowest BCUT2D eigenvalue weighted by Gasteiger charge is -2.24. The molecule has 2 fully saturated rings. The zero-order valence-corrected chi connectivity index (χ0v) is 12.3. The molecule has 0 spiro atoms. The van der Waals surface area contributed by atoms with E-state index in [0.717, 1.165) is 25.2 Å².